The van der Waals surface area contributed by atoms with Crippen molar-refractivity contribution in [2.45, 2.75) is 20.0 Å². The van der Waals surface area contributed by atoms with Crippen LogP contribution in [0.2, 0.25) is 0 Å². The lowest BCUT2D eigenvalue weighted by Crippen LogP contribution is -2.25. The molecule has 0 bridgehead atoms. The highest BCUT2D eigenvalue weighted by molar-refractivity contribution is 5.95. The standard InChI is InChI=1S/C24H23N3O2/c1-17-7-3-4-8-20(17)24(28)25-15-23-26-21-9-5-6-10-22(21)27(23)16-18-11-13-19(29-2)14-12-18/h3-14H,15-16H2,1-2H3,(H,25,28). The van der Waals surface area contributed by atoms with Crippen LogP contribution in [0.5, 0.6) is 5.75 Å². The van der Waals surface area contributed by atoms with Gasteiger partial charge in [-0.1, -0.05) is 42.5 Å². The number of aromatic nitrogens is 2. The first-order chi connectivity index (χ1) is 14.2. The van der Waals surface area contributed by atoms with E-state index in [4.69, 9.17) is 9.72 Å². The van der Waals surface area contributed by atoms with Gasteiger partial charge < -0.3 is 14.6 Å². The lowest BCUT2D eigenvalue weighted by atomic mass is 10.1. The van der Waals surface area contributed by atoms with E-state index < -0.39 is 0 Å². The van der Waals surface area contributed by atoms with Crippen LogP contribution in [0, 0.1) is 6.92 Å². The van der Waals surface area contributed by atoms with Gasteiger partial charge in [0, 0.05) is 12.1 Å². The molecule has 4 aromatic rings. The van der Waals surface area contributed by atoms with Gasteiger partial charge in [0.1, 0.15) is 11.6 Å². The van der Waals surface area contributed by atoms with E-state index in [0.717, 1.165) is 33.7 Å². The fourth-order valence-electron chi connectivity index (χ4n) is 3.43. The molecule has 1 amide bonds. The van der Waals surface area contributed by atoms with Gasteiger partial charge in [0.2, 0.25) is 0 Å². The van der Waals surface area contributed by atoms with Crippen molar-refractivity contribution >= 4 is 16.9 Å². The number of rotatable bonds is 6. The summed E-state index contributed by atoms with van der Waals surface area (Å²) >= 11 is 0. The molecular formula is C24H23N3O2. The fourth-order valence-corrected chi connectivity index (χ4v) is 3.43. The van der Waals surface area contributed by atoms with Crippen LogP contribution >= 0.6 is 0 Å². The quantitative estimate of drug-likeness (QED) is 0.537. The molecule has 0 spiro atoms. The van der Waals surface area contributed by atoms with Gasteiger partial charge in [0.25, 0.3) is 5.91 Å². The predicted molar refractivity (Wildman–Crippen MR) is 114 cm³/mol. The second kappa shape index (κ2) is 8.19. The average Bonchev–Trinajstić information content (AvgIpc) is 3.10. The highest BCUT2D eigenvalue weighted by atomic mass is 16.5. The largest absolute Gasteiger partial charge is 0.497 e. The maximum Gasteiger partial charge on any atom is 0.251 e. The van der Waals surface area contributed by atoms with Crippen LogP contribution in [-0.2, 0) is 13.1 Å². The Bertz CT molecular complexity index is 1150. The van der Waals surface area contributed by atoms with E-state index in [1.165, 1.54) is 0 Å². The number of fused-ring (bicyclic) bond motifs is 1. The molecule has 5 heteroatoms. The summed E-state index contributed by atoms with van der Waals surface area (Å²) in [6, 6.07) is 23.6. The Kier molecular flexibility index (Phi) is 5.29. The van der Waals surface area contributed by atoms with Crippen LogP contribution in [0.4, 0.5) is 0 Å². The molecule has 4 rings (SSSR count). The summed E-state index contributed by atoms with van der Waals surface area (Å²) in [6.07, 6.45) is 0. The van der Waals surface area contributed by atoms with Gasteiger partial charge in [-0.3, -0.25) is 4.79 Å². The molecule has 146 valence electrons. The minimum absolute atomic E-state index is 0.0915. The summed E-state index contributed by atoms with van der Waals surface area (Å²) < 4.78 is 7.40. The van der Waals surface area contributed by atoms with E-state index in [2.05, 4.69) is 16.0 Å². The van der Waals surface area contributed by atoms with Crippen molar-refractivity contribution in [2.75, 3.05) is 7.11 Å². The van der Waals surface area contributed by atoms with Gasteiger partial charge in [-0.05, 0) is 48.4 Å². The van der Waals surface area contributed by atoms with Gasteiger partial charge in [-0.25, -0.2) is 4.98 Å². The second-order valence-electron chi connectivity index (χ2n) is 6.95. The first kappa shape index (κ1) is 18.7. The highest BCUT2D eigenvalue weighted by Crippen LogP contribution is 2.20. The molecule has 29 heavy (non-hydrogen) atoms. The van der Waals surface area contributed by atoms with Crippen molar-refractivity contribution in [3.05, 3.63) is 95.3 Å². The number of nitrogens with one attached hydrogen (secondary N) is 1. The molecule has 1 N–H and O–H groups in total. The molecule has 0 aliphatic rings. The third-order valence-electron chi connectivity index (χ3n) is 5.03. The number of ether oxygens (including phenoxy) is 1. The summed E-state index contributed by atoms with van der Waals surface area (Å²) in [4.78, 5) is 17.4. The van der Waals surface area contributed by atoms with Gasteiger partial charge in [0.15, 0.2) is 0 Å². The van der Waals surface area contributed by atoms with Gasteiger partial charge in [-0.2, -0.15) is 0 Å². The van der Waals surface area contributed by atoms with Crippen molar-refractivity contribution in [1.29, 1.82) is 0 Å². The molecule has 0 unspecified atom stereocenters. The number of carbonyl (C=O) groups is 1. The average molecular weight is 385 g/mol. The SMILES string of the molecule is COc1ccc(Cn2c(CNC(=O)c3ccccc3C)nc3ccccc32)cc1. The Morgan fingerprint density at radius 1 is 1.00 bits per heavy atom. The van der Waals surface area contributed by atoms with E-state index in [0.29, 0.717) is 18.7 Å². The third kappa shape index (κ3) is 3.99. The maximum atomic E-state index is 12.6. The Labute approximate surface area is 170 Å². The first-order valence-corrected chi connectivity index (χ1v) is 9.56. The molecule has 0 saturated heterocycles. The summed E-state index contributed by atoms with van der Waals surface area (Å²) in [5.74, 6) is 1.56. The number of benzene rings is 3. The molecular weight excluding hydrogens is 362 g/mol. The van der Waals surface area contributed by atoms with E-state index in [9.17, 15) is 4.79 Å². The number of hydrogen-bond donors (Lipinski definition) is 1. The van der Waals surface area contributed by atoms with E-state index in [1.54, 1.807) is 7.11 Å². The molecule has 1 aromatic heterocycles. The molecule has 0 saturated carbocycles. The smallest absolute Gasteiger partial charge is 0.251 e. The van der Waals surface area contributed by atoms with Crippen LogP contribution in [0.15, 0.2) is 72.8 Å². The number of methoxy groups -OCH3 is 1. The number of para-hydroxylation sites is 2. The molecule has 3 aromatic carbocycles. The lowest BCUT2D eigenvalue weighted by Gasteiger charge is -2.12. The van der Waals surface area contributed by atoms with Crippen molar-refractivity contribution in [1.82, 2.24) is 14.9 Å². The van der Waals surface area contributed by atoms with Crippen LogP contribution in [0.1, 0.15) is 27.3 Å². The molecule has 0 radical (unpaired) electrons. The normalized spacial score (nSPS) is 10.8. The molecule has 0 aliphatic heterocycles. The van der Waals surface area contributed by atoms with Gasteiger partial charge in [0.05, 0.1) is 24.7 Å². The van der Waals surface area contributed by atoms with Crippen LogP contribution in [0.3, 0.4) is 0 Å². The van der Waals surface area contributed by atoms with Crippen molar-refractivity contribution in [2.24, 2.45) is 0 Å². The molecule has 0 atom stereocenters. The topological polar surface area (TPSA) is 56.1 Å². The number of amides is 1. The number of imidazole rings is 1. The molecule has 5 nitrogen and oxygen atoms in total. The van der Waals surface area contributed by atoms with E-state index in [1.807, 2.05) is 73.7 Å². The Balaban J connectivity index is 1.61. The fraction of sp³-hybridized carbons (Fsp3) is 0.167. The zero-order valence-electron chi connectivity index (χ0n) is 16.6. The summed E-state index contributed by atoms with van der Waals surface area (Å²) in [6.45, 7) is 2.96. The summed E-state index contributed by atoms with van der Waals surface area (Å²) in [7, 11) is 1.66. The van der Waals surface area contributed by atoms with Gasteiger partial charge in [-0.15, -0.1) is 0 Å². The van der Waals surface area contributed by atoms with Crippen molar-refractivity contribution in [3.8, 4) is 5.75 Å². The highest BCUT2D eigenvalue weighted by Gasteiger charge is 2.14. The van der Waals surface area contributed by atoms with Crippen LogP contribution in [0.25, 0.3) is 11.0 Å². The summed E-state index contributed by atoms with van der Waals surface area (Å²) in [5.41, 5.74) is 4.74. The number of hydrogen-bond acceptors (Lipinski definition) is 3. The molecule has 0 fully saturated rings. The number of carbonyl (C=O) groups excluding carboxylic acids is 1. The molecule has 0 aliphatic carbocycles. The number of nitrogens with zero attached hydrogens (tertiary/aromatic N) is 2. The van der Waals surface area contributed by atoms with Gasteiger partial charge >= 0.3 is 0 Å². The summed E-state index contributed by atoms with van der Waals surface area (Å²) in [5, 5.41) is 3.02. The number of aryl methyl sites for hydroxylation is 1. The van der Waals surface area contributed by atoms with Crippen molar-refractivity contribution < 1.29 is 9.53 Å². The second-order valence-corrected chi connectivity index (χ2v) is 6.95. The first-order valence-electron chi connectivity index (χ1n) is 9.56. The van der Waals surface area contributed by atoms with Crippen molar-refractivity contribution in [3.63, 3.8) is 0 Å². The third-order valence-corrected chi connectivity index (χ3v) is 5.03. The monoisotopic (exact) mass is 385 g/mol. The zero-order valence-corrected chi connectivity index (χ0v) is 16.6. The molecule has 1 heterocycles. The minimum atomic E-state index is -0.0915. The van der Waals surface area contributed by atoms with Crippen LogP contribution < -0.4 is 10.1 Å². The Hall–Kier alpha value is -3.60. The zero-order chi connectivity index (χ0) is 20.2. The van der Waals surface area contributed by atoms with Crippen LogP contribution in [-0.4, -0.2) is 22.6 Å². The Morgan fingerprint density at radius 2 is 1.72 bits per heavy atom. The lowest BCUT2D eigenvalue weighted by molar-refractivity contribution is 0.0949. The van der Waals surface area contributed by atoms with E-state index in [-0.39, 0.29) is 5.91 Å². The predicted octanol–water partition coefficient (Wildman–Crippen LogP) is 4.33. The Morgan fingerprint density at radius 3 is 2.48 bits per heavy atom. The maximum absolute atomic E-state index is 12.6. The minimum Gasteiger partial charge on any atom is -0.497 e. The van der Waals surface area contributed by atoms with E-state index >= 15 is 0 Å².